The Hall–Kier alpha value is -3.53. The molecule has 0 fully saturated rings. The van der Waals surface area contributed by atoms with Crippen LogP contribution in [0.3, 0.4) is 0 Å². The first-order chi connectivity index (χ1) is 15.1. The highest BCUT2D eigenvalue weighted by Crippen LogP contribution is 2.40. The maximum atomic E-state index is 5.92. The average Bonchev–Trinajstić information content (AvgIpc) is 2.84. The van der Waals surface area contributed by atoms with Gasteiger partial charge in [-0.15, -0.1) is 0 Å². The second kappa shape index (κ2) is 9.09. The lowest BCUT2D eigenvalue weighted by atomic mass is 9.68. The van der Waals surface area contributed by atoms with Crippen LogP contribution in [0.25, 0.3) is 11.3 Å². The highest BCUT2D eigenvalue weighted by molar-refractivity contribution is 5.59. The van der Waals surface area contributed by atoms with Crippen LogP contribution in [0.15, 0.2) is 91.3 Å². The van der Waals surface area contributed by atoms with Gasteiger partial charge in [0.1, 0.15) is 12.4 Å². The van der Waals surface area contributed by atoms with Crippen LogP contribution in [0.4, 0.5) is 0 Å². The van der Waals surface area contributed by atoms with Crippen molar-refractivity contribution < 1.29 is 4.74 Å². The molecule has 2 aromatic carbocycles. The highest BCUT2D eigenvalue weighted by Gasteiger charge is 2.32. The standard InChI is InChI=1S/C27H27N3O/c1-20(2)27(3,22-11-9-21(10-12-22)26-8-6-18-29-30-26)23-13-15-25(16-14-23)31-19-24-7-4-5-17-28-24/h4-18,20H,19H2,1-3H3. The molecule has 2 aromatic heterocycles. The van der Waals surface area contributed by atoms with Crippen molar-refractivity contribution in [3.05, 3.63) is 108 Å². The largest absolute Gasteiger partial charge is 0.487 e. The van der Waals surface area contributed by atoms with E-state index in [1.807, 2.05) is 42.5 Å². The molecule has 4 nitrogen and oxygen atoms in total. The highest BCUT2D eigenvalue weighted by atomic mass is 16.5. The van der Waals surface area contributed by atoms with Gasteiger partial charge in [-0.3, -0.25) is 4.98 Å². The summed E-state index contributed by atoms with van der Waals surface area (Å²) in [5.74, 6) is 1.26. The molecular formula is C27H27N3O. The smallest absolute Gasteiger partial charge is 0.130 e. The van der Waals surface area contributed by atoms with Crippen molar-refractivity contribution in [1.29, 1.82) is 0 Å². The van der Waals surface area contributed by atoms with Crippen molar-refractivity contribution in [2.45, 2.75) is 32.8 Å². The van der Waals surface area contributed by atoms with Gasteiger partial charge in [0.2, 0.25) is 0 Å². The van der Waals surface area contributed by atoms with Gasteiger partial charge >= 0.3 is 0 Å². The third-order valence-electron chi connectivity index (χ3n) is 6.07. The van der Waals surface area contributed by atoms with Gasteiger partial charge in [-0.05, 0) is 53.4 Å². The number of hydrogen-bond acceptors (Lipinski definition) is 4. The number of rotatable bonds is 7. The second-order valence-electron chi connectivity index (χ2n) is 8.18. The number of nitrogens with zero attached hydrogens (tertiary/aromatic N) is 3. The molecule has 0 saturated carbocycles. The molecule has 1 unspecified atom stereocenters. The van der Waals surface area contributed by atoms with Crippen LogP contribution < -0.4 is 4.74 Å². The van der Waals surface area contributed by atoms with E-state index in [1.54, 1.807) is 12.4 Å². The third-order valence-corrected chi connectivity index (χ3v) is 6.07. The summed E-state index contributed by atoms with van der Waals surface area (Å²) in [5, 5.41) is 8.20. The monoisotopic (exact) mass is 409 g/mol. The van der Waals surface area contributed by atoms with Crippen LogP contribution in [0.1, 0.15) is 37.6 Å². The van der Waals surface area contributed by atoms with Gasteiger partial charge in [0, 0.05) is 23.4 Å². The summed E-state index contributed by atoms with van der Waals surface area (Å²) in [6.07, 6.45) is 3.48. The molecule has 0 amide bonds. The summed E-state index contributed by atoms with van der Waals surface area (Å²) in [7, 11) is 0. The van der Waals surface area contributed by atoms with Gasteiger partial charge in [0.15, 0.2) is 0 Å². The molecular weight excluding hydrogens is 382 g/mol. The summed E-state index contributed by atoms with van der Waals surface area (Å²) in [6, 6.07) is 26.8. The van der Waals surface area contributed by atoms with Gasteiger partial charge in [0.25, 0.3) is 0 Å². The lowest BCUT2D eigenvalue weighted by molar-refractivity contribution is 0.301. The summed E-state index contributed by atoms with van der Waals surface area (Å²) in [4.78, 5) is 4.31. The van der Waals surface area contributed by atoms with Crippen molar-refractivity contribution >= 4 is 0 Å². The molecule has 0 spiro atoms. The summed E-state index contributed by atoms with van der Waals surface area (Å²) < 4.78 is 5.92. The molecule has 0 aliphatic carbocycles. The van der Waals surface area contributed by atoms with Gasteiger partial charge in [-0.2, -0.15) is 10.2 Å². The molecule has 4 heteroatoms. The molecule has 1 atom stereocenters. The van der Waals surface area contributed by atoms with Gasteiger partial charge in [-0.1, -0.05) is 63.2 Å². The van der Waals surface area contributed by atoms with E-state index in [-0.39, 0.29) is 5.41 Å². The van der Waals surface area contributed by atoms with E-state index in [0.717, 1.165) is 22.7 Å². The van der Waals surface area contributed by atoms with Crippen LogP contribution in [0.2, 0.25) is 0 Å². The van der Waals surface area contributed by atoms with Crippen LogP contribution >= 0.6 is 0 Å². The lowest BCUT2D eigenvalue weighted by Crippen LogP contribution is -2.30. The number of benzene rings is 2. The maximum absolute atomic E-state index is 5.92. The Morgan fingerprint density at radius 1 is 0.806 bits per heavy atom. The minimum absolute atomic E-state index is 0.125. The zero-order chi connectivity index (χ0) is 21.7. The Balaban J connectivity index is 1.56. The molecule has 0 bridgehead atoms. The molecule has 0 aliphatic rings. The fourth-order valence-corrected chi connectivity index (χ4v) is 3.81. The molecule has 2 heterocycles. The predicted molar refractivity (Wildman–Crippen MR) is 124 cm³/mol. The Morgan fingerprint density at radius 2 is 1.52 bits per heavy atom. The van der Waals surface area contributed by atoms with Gasteiger partial charge in [0.05, 0.1) is 11.4 Å². The quantitative estimate of drug-likeness (QED) is 0.371. The van der Waals surface area contributed by atoms with Crippen LogP contribution in [0, 0.1) is 5.92 Å². The molecule has 0 radical (unpaired) electrons. The van der Waals surface area contributed by atoms with E-state index in [1.165, 1.54) is 11.1 Å². The van der Waals surface area contributed by atoms with E-state index in [2.05, 4.69) is 72.4 Å². The van der Waals surface area contributed by atoms with Crippen LogP contribution in [-0.4, -0.2) is 15.2 Å². The molecule has 0 saturated heterocycles. The summed E-state index contributed by atoms with van der Waals surface area (Å²) >= 11 is 0. The molecule has 0 N–H and O–H groups in total. The molecule has 0 aliphatic heterocycles. The van der Waals surface area contributed by atoms with Crippen molar-refractivity contribution in [1.82, 2.24) is 15.2 Å². The van der Waals surface area contributed by atoms with E-state index >= 15 is 0 Å². The molecule has 4 aromatic rings. The lowest BCUT2D eigenvalue weighted by Gasteiger charge is -2.35. The van der Waals surface area contributed by atoms with Crippen molar-refractivity contribution in [2.75, 3.05) is 0 Å². The normalized spacial score (nSPS) is 13.0. The van der Waals surface area contributed by atoms with Crippen molar-refractivity contribution in [3.8, 4) is 17.0 Å². The van der Waals surface area contributed by atoms with Crippen LogP contribution in [-0.2, 0) is 12.0 Å². The minimum atomic E-state index is -0.125. The van der Waals surface area contributed by atoms with Crippen molar-refractivity contribution in [3.63, 3.8) is 0 Å². The fraction of sp³-hybridized carbons (Fsp3) is 0.222. The first-order valence-electron chi connectivity index (χ1n) is 10.6. The summed E-state index contributed by atoms with van der Waals surface area (Å²) in [6.45, 7) is 7.30. The predicted octanol–water partition coefficient (Wildman–Crippen LogP) is 6.08. The molecule has 31 heavy (non-hydrogen) atoms. The second-order valence-corrected chi connectivity index (χ2v) is 8.18. The number of ether oxygens (including phenoxy) is 1. The molecule has 156 valence electrons. The minimum Gasteiger partial charge on any atom is -0.487 e. The summed E-state index contributed by atoms with van der Waals surface area (Å²) in [5.41, 5.74) is 5.29. The topological polar surface area (TPSA) is 47.9 Å². The van der Waals surface area contributed by atoms with E-state index in [4.69, 9.17) is 4.74 Å². The zero-order valence-corrected chi connectivity index (χ0v) is 18.2. The maximum Gasteiger partial charge on any atom is 0.130 e. The molecule has 4 rings (SSSR count). The van der Waals surface area contributed by atoms with E-state index < -0.39 is 0 Å². The van der Waals surface area contributed by atoms with Crippen molar-refractivity contribution in [2.24, 2.45) is 5.92 Å². The Labute approximate surface area is 184 Å². The van der Waals surface area contributed by atoms with E-state index in [0.29, 0.717) is 12.5 Å². The Kier molecular flexibility index (Phi) is 6.08. The Morgan fingerprint density at radius 3 is 2.10 bits per heavy atom. The Bertz CT molecular complexity index is 1090. The van der Waals surface area contributed by atoms with Crippen LogP contribution in [0.5, 0.6) is 5.75 Å². The first-order valence-corrected chi connectivity index (χ1v) is 10.6. The average molecular weight is 410 g/mol. The first kappa shape index (κ1) is 20.7. The third kappa shape index (κ3) is 4.48. The SMILES string of the molecule is CC(C)C(C)(c1ccc(OCc2ccccn2)cc1)c1ccc(-c2cccnn2)cc1. The van der Waals surface area contributed by atoms with E-state index in [9.17, 15) is 0 Å². The fourth-order valence-electron chi connectivity index (χ4n) is 3.81. The number of pyridine rings is 1. The number of aromatic nitrogens is 3. The number of hydrogen-bond donors (Lipinski definition) is 0. The van der Waals surface area contributed by atoms with Gasteiger partial charge in [-0.25, -0.2) is 0 Å². The van der Waals surface area contributed by atoms with Gasteiger partial charge < -0.3 is 4.74 Å². The zero-order valence-electron chi connectivity index (χ0n) is 18.2.